The first-order chi connectivity index (χ1) is 3.79. The van der Waals surface area contributed by atoms with Crippen molar-refractivity contribution in [2.24, 2.45) is 0 Å². The Morgan fingerprint density at radius 3 is 1.89 bits per heavy atom. The fourth-order valence-corrected chi connectivity index (χ4v) is 0.950. The maximum Gasteiger partial charge on any atom is 2.00 e. The van der Waals surface area contributed by atoms with Gasteiger partial charge >= 0.3 is 19.5 Å². The first kappa shape index (κ1) is 9.92. The molecule has 0 aliphatic rings. The molecule has 0 amide bonds. The minimum absolute atomic E-state index is 0. The Kier molecular flexibility index (Phi) is 5.18. The summed E-state index contributed by atoms with van der Waals surface area (Å²) in [6, 6.07) is 8.02. The third-order valence-corrected chi connectivity index (χ3v) is 1.84. The molecule has 0 radical (unpaired) electrons. The van der Waals surface area contributed by atoms with Gasteiger partial charge in [-0.25, -0.2) is 0 Å². The van der Waals surface area contributed by atoms with Gasteiger partial charge in [0.2, 0.25) is 0 Å². The predicted molar refractivity (Wildman–Crippen MR) is 46.4 cm³/mol. The van der Waals surface area contributed by atoms with E-state index in [9.17, 15) is 0 Å². The fourth-order valence-electron chi connectivity index (χ4n) is 0.441. The fraction of sp³-hybridized carbons (Fsp3) is 0. The van der Waals surface area contributed by atoms with Crippen molar-refractivity contribution in [1.29, 1.82) is 0 Å². The molecule has 0 spiro atoms. The molecule has 0 nitrogen and oxygen atoms in total. The van der Waals surface area contributed by atoms with Gasteiger partial charge < -0.3 is 0 Å². The van der Waals surface area contributed by atoms with Gasteiger partial charge in [0.25, 0.3) is 0 Å². The Labute approximate surface area is 86.7 Å². The van der Waals surface area contributed by atoms with Crippen LogP contribution in [0.25, 0.3) is 0 Å². The summed E-state index contributed by atoms with van der Waals surface area (Å²) in [6.07, 6.45) is 0. The van der Waals surface area contributed by atoms with Gasteiger partial charge in [0.15, 0.2) is 0 Å². The third kappa shape index (κ3) is 3.58. The molecular formula is C6H5ISZn+2. The summed E-state index contributed by atoms with van der Waals surface area (Å²) in [5, 5.41) is 0. The second-order valence-corrected chi connectivity index (χ2v) is 3.24. The quantitative estimate of drug-likeness (QED) is 0.425. The van der Waals surface area contributed by atoms with Crippen molar-refractivity contribution in [1.82, 2.24) is 0 Å². The second kappa shape index (κ2) is 4.70. The minimum Gasteiger partial charge on any atom is -0.143 e. The molecule has 1 aromatic rings. The first-order valence-electron chi connectivity index (χ1n) is 2.23. The van der Waals surface area contributed by atoms with Gasteiger partial charge in [-0.15, -0.1) is 12.6 Å². The van der Waals surface area contributed by atoms with Crippen LogP contribution < -0.4 is 0 Å². The van der Waals surface area contributed by atoms with E-state index in [1.54, 1.807) is 0 Å². The van der Waals surface area contributed by atoms with Gasteiger partial charge in [-0.3, -0.25) is 0 Å². The summed E-state index contributed by atoms with van der Waals surface area (Å²) in [5.74, 6) is 0. The molecule has 3 heteroatoms. The monoisotopic (exact) mass is 300 g/mol. The van der Waals surface area contributed by atoms with E-state index < -0.39 is 0 Å². The predicted octanol–water partition coefficient (Wildman–Crippen LogP) is 2.58. The molecule has 0 atom stereocenters. The summed E-state index contributed by atoms with van der Waals surface area (Å²) in [5.41, 5.74) is 0. The topological polar surface area (TPSA) is 0 Å². The first-order valence-corrected chi connectivity index (χ1v) is 3.76. The van der Waals surface area contributed by atoms with Crippen LogP contribution in [0.2, 0.25) is 0 Å². The summed E-state index contributed by atoms with van der Waals surface area (Å²) in [7, 11) is 0. The second-order valence-electron chi connectivity index (χ2n) is 1.48. The van der Waals surface area contributed by atoms with Crippen LogP contribution in [0.3, 0.4) is 0 Å². The molecule has 9 heavy (non-hydrogen) atoms. The molecule has 0 aliphatic carbocycles. The van der Waals surface area contributed by atoms with Gasteiger partial charge in [0.1, 0.15) is 0 Å². The Bertz CT molecular complexity index is 152. The van der Waals surface area contributed by atoms with E-state index in [1.165, 1.54) is 3.57 Å². The molecule has 42 valence electrons. The van der Waals surface area contributed by atoms with Crippen LogP contribution in [0, 0.1) is 3.57 Å². The smallest absolute Gasteiger partial charge is 0.143 e. The molecule has 0 fully saturated rings. The molecule has 0 heterocycles. The van der Waals surface area contributed by atoms with Crippen molar-refractivity contribution in [3.8, 4) is 0 Å². The maximum absolute atomic E-state index is 4.13. The number of benzene rings is 1. The Balaban J connectivity index is 0.000000640. The number of hydrogen-bond acceptors (Lipinski definition) is 1. The Morgan fingerprint density at radius 1 is 1.11 bits per heavy atom. The van der Waals surface area contributed by atoms with Gasteiger partial charge in [0, 0.05) is 8.47 Å². The Hall–Kier alpha value is 0.923. The van der Waals surface area contributed by atoms with Crippen LogP contribution in [0.1, 0.15) is 0 Å². The summed E-state index contributed by atoms with van der Waals surface area (Å²) >= 11 is 6.39. The average molecular weight is 301 g/mol. The van der Waals surface area contributed by atoms with E-state index in [2.05, 4.69) is 35.2 Å². The van der Waals surface area contributed by atoms with Crippen molar-refractivity contribution >= 4 is 35.2 Å². The van der Waals surface area contributed by atoms with E-state index >= 15 is 0 Å². The van der Waals surface area contributed by atoms with Gasteiger partial charge in [-0.05, 0) is 46.9 Å². The normalized spacial score (nSPS) is 8.22. The van der Waals surface area contributed by atoms with Crippen molar-refractivity contribution in [3.05, 3.63) is 27.8 Å². The minimum atomic E-state index is 0. The molecule has 1 aromatic carbocycles. The van der Waals surface area contributed by atoms with Crippen LogP contribution in [0.15, 0.2) is 29.2 Å². The van der Waals surface area contributed by atoms with Gasteiger partial charge in [0.05, 0.1) is 0 Å². The molecule has 0 saturated heterocycles. The van der Waals surface area contributed by atoms with Gasteiger partial charge in [-0.2, -0.15) is 0 Å². The summed E-state index contributed by atoms with van der Waals surface area (Å²) in [4.78, 5) is 1.02. The molecule has 0 saturated carbocycles. The van der Waals surface area contributed by atoms with E-state index in [4.69, 9.17) is 0 Å². The molecule has 1 rings (SSSR count). The number of rotatable bonds is 0. The molecule has 0 bridgehead atoms. The molecule has 0 aliphatic heterocycles. The van der Waals surface area contributed by atoms with Crippen LogP contribution in [0.5, 0.6) is 0 Å². The maximum atomic E-state index is 4.13. The molecule has 0 unspecified atom stereocenters. The van der Waals surface area contributed by atoms with E-state index in [0.29, 0.717) is 0 Å². The number of halogens is 1. The van der Waals surface area contributed by atoms with Crippen LogP contribution >= 0.6 is 35.2 Å². The van der Waals surface area contributed by atoms with Gasteiger partial charge in [-0.1, -0.05) is 0 Å². The van der Waals surface area contributed by atoms with Crippen molar-refractivity contribution in [3.63, 3.8) is 0 Å². The standard InChI is InChI=1S/C6H5IS.Zn/c7-5-1-3-6(8)4-2-5;/h1-4,8H;/q;+2. The van der Waals surface area contributed by atoms with Crippen molar-refractivity contribution in [2.75, 3.05) is 0 Å². The number of hydrogen-bond donors (Lipinski definition) is 1. The number of thiol groups is 1. The van der Waals surface area contributed by atoms with E-state index in [1.807, 2.05) is 24.3 Å². The van der Waals surface area contributed by atoms with Crippen LogP contribution in [-0.4, -0.2) is 0 Å². The molecule has 0 N–H and O–H groups in total. The van der Waals surface area contributed by atoms with Crippen molar-refractivity contribution in [2.45, 2.75) is 4.90 Å². The SMILES string of the molecule is Sc1ccc(I)cc1.[Zn+2]. The van der Waals surface area contributed by atoms with E-state index in [-0.39, 0.29) is 19.5 Å². The average Bonchev–Trinajstić information content (AvgIpc) is 1.77. The molecule has 0 aromatic heterocycles. The third-order valence-electron chi connectivity index (χ3n) is 0.827. The van der Waals surface area contributed by atoms with E-state index in [0.717, 1.165) is 4.90 Å². The molecular weight excluding hydrogens is 296 g/mol. The van der Waals surface area contributed by atoms with Crippen LogP contribution in [0.4, 0.5) is 0 Å². The zero-order valence-electron chi connectivity index (χ0n) is 4.84. The van der Waals surface area contributed by atoms with Crippen LogP contribution in [-0.2, 0) is 19.5 Å². The largest absolute Gasteiger partial charge is 2.00 e. The summed E-state index contributed by atoms with van der Waals surface area (Å²) in [6.45, 7) is 0. The summed E-state index contributed by atoms with van der Waals surface area (Å²) < 4.78 is 1.25. The van der Waals surface area contributed by atoms with Crippen molar-refractivity contribution < 1.29 is 19.5 Å². The zero-order valence-corrected chi connectivity index (χ0v) is 10.9. The Morgan fingerprint density at radius 2 is 1.56 bits per heavy atom. The zero-order chi connectivity index (χ0) is 5.98.